The zero-order valence-electron chi connectivity index (χ0n) is 9.82. The normalized spacial score (nSPS) is 10.9. The number of hydrogen-bond donors (Lipinski definition) is 1. The molecule has 0 aliphatic rings. The number of thiophene rings is 1. The number of rotatable bonds is 8. The Morgan fingerprint density at radius 1 is 1.44 bits per heavy atom. The topological polar surface area (TPSA) is 29.3 Å². The molecule has 16 heavy (non-hydrogen) atoms. The predicted octanol–water partition coefficient (Wildman–Crippen LogP) is 2.68. The Labute approximate surface area is 107 Å². The van der Waals surface area contributed by atoms with E-state index in [1.807, 2.05) is 11.3 Å². The summed E-state index contributed by atoms with van der Waals surface area (Å²) in [4.78, 5) is 4.48. The van der Waals surface area contributed by atoms with E-state index in [1.54, 1.807) is 0 Å². The van der Waals surface area contributed by atoms with E-state index in [9.17, 15) is 0 Å². The van der Waals surface area contributed by atoms with Crippen molar-refractivity contribution in [2.24, 2.45) is 5.73 Å². The van der Waals surface area contributed by atoms with Gasteiger partial charge >= 0.3 is 0 Å². The molecule has 4 heteroatoms. The van der Waals surface area contributed by atoms with Gasteiger partial charge in [0.1, 0.15) is 0 Å². The van der Waals surface area contributed by atoms with Gasteiger partial charge in [0.25, 0.3) is 0 Å². The third kappa shape index (κ3) is 6.20. The summed E-state index contributed by atoms with van der Waals surface area (Å²) in [5.41, 5.74) is 5.45. The van der Waals surface area contributed by atoms with Crippen LogP contribution in [0.1, 0.15) is 24.1 Å². The van der Waals surface area contributed by atoms with Crippen LogP contribution in [0.5, 0.6) is 0 Å². The minimum atomic E-state index is 0.640. The van der Waals surface area contributed by atoms with E-state index in [0.717, 1.165) is 32.4 Å². The van der Waals surface area contributed by atoms with Gasteiger partial charge in [-0.25, -0.2) is 0 Å². The second kappa shape index (κ2) is 7.76. The Kier molecular flexibility index (Phi) is 6.61. The standard InChI is InChI=1S/C12H20N2S2/c1-14(8-3-2-6-12(13)15)9-7-11-5-4-10-16-11/h4-5,10H,2-3,6-9H2,1H3,(H2,13,15). The summed E-state index contributed by atoms with van der Waals surface area (Å²) < 4.78 is 0. The predicted molar refractivity (Wildman–Crippen MR) is 76.2 cm³/mol. The molecular formula is C12H20N2S2. The third-order valence-corrected chi connectivity index (χ3v) is 3.67. The molecule has 0 aliphatic carbocycles. The summed E-state index contributed by atoms with van der Waals surface area (Å²) in [6, 6.07) is 4.31. The zero-order valence-corrected chi connectivity index (χ0v) is 11.4. The van der Waals surface area contributed by atoms with Crippen LogP contribution in [-0.4, -0.2) is 30.0 Å². The van der Waals surface area contributed by atoms with Crippen LogP contribution in [0.4, 0.5) is 0 Å². The molecule has 2 N–H and O–H groups in total. The first-order valence-electron chi connectivity index (χ1n) is 5.67. The van der Waals surface area contributed by atoms with Crippen molar-refractivity contribution in [3.8, 4) is 0 Å². The fourth-order valence-corrected chi connectivity index (χ4v) is 2.39. The first-order valence-corrected chi connectivity index (χ1v) is 6.96. The highest BCUT2D eigenvalue weighted by atomic mass is 32.1. The second-order valence-electron chi connectivity index (χ2n) is 4.06. The van der Waals surface area contributed by atoms with Gasteiger partial charge in [0.2, 0.25) is 0 Å². The third-order valence-electron chi connectivity index (χ3n) is 2.53. The highest BCUT2D eigenvalue weighted by Gasteiger charge is 2.00. The van der Waals surface area contributed by atoms with Gasteiger partial charge in [-0.1, -0.05) is 18.3 Å². The van der Waals surface area contributed by atoms with E-state index in [0.29, 0.717) is 4.99 Å². The zero-order chi connectivity index (χ0) is 11.8. The highest BCUT2D eigenvalue weighted by Crippen LogP contribution is 2.09. The van der Waals surface area contributed by atoms with Crippen molar-refractivity contribution in [1.29, 1.82) is 0 Å². The number of thiocarbonyl (C=S) groups is 1. The number of likely N-dealkylation sites (N-methyl/N-ethyl adjacent to an activating group) is 1. The maximum atomic E-state index is 5.45. The first-order chi connectivity index (χ1) is 7.68. The molecule has 2 nitrogen and oxygen atoms in total. The van der Waals surface area contributed by atoms with Gasteiger partial charge in [-0.05, 0) is 50.7 Å². The Bertz CT molecular complexity index is 296. The van der Waals surface area contributed by atoms with Gasteiger partial charge in [-0.3, -0.25) is 0 Å². The summed E-state index contributed by atoms with van der Waals surface area (Å²) >= 11 is 6.68. The molecule has 0 atom stereocenters. The maximum Gasteiger partial charge on any atom is 0.0727 e. The van der Waals surface area contributed by atoms with Crippen LogP contribution in [0.2, 0.25) is 0 Å². The van der Waals surface area contributed by atoms with E-state index in [-0.39, 0.29) is 0 Å². The molecule has 0 amide bonds. The molecule has 1 aromatic rings. The average Bonchev–Trinajstić information content (AvgIpc) is 2.74. The van der Waals surface area contributed by atoms with E-state index in [4.69, 9.17) is 18.0 Å². The lowest BCUT2D eigenvalue weighted by atomic mass is 10.2. The molecule has 1 heterocycles. The van der Waals surface area contributed by atoms with Crippen LogP contribution in [-0.2, 0) is 6.42 Å². The molecule has 0 fully saturated rings. The lowest BCUT2D eigenvalue weighted by Gasteiger charge is -2.15. The summed E-state index contributed by atoms with van der Waals surface area (Å²) in [5, 5.41) is 2.14. The van der Waals surface area contributed by atoms with Crippen molar-refractivity contribution in [3.63, 3.8) is 0 Å². The maximum absolute atomic E-state index is 5.45. The van der Waals surface area contributed by atoms with Crippen LogP contribution in [0, 0.1) is 0 Å². The second-order valence-corrected chi connectivity index (χ2v) is 5.61. The molecule has 0 saturated heterocycles. The Morgan fingerprint density at radius 2 is 2.25 bits per heavy atom. The van der Waals surface area contributed by atoms with Gasteiger partial charge in [0, 0.05) is 11.4 Å². The van der Waals surface area contributed by atoms with Crippen molar-refractivity contribution >= 4 is 28.5 Å². The molecule has 0 radical (unpaired) electrons. The van der Waals surface area contributed by atoms with Gasteiger partial charge in [-0.2, -0.15) is 0 Å². The summed E-state index contributed by atoms with van der Waals surface area (Å²) in [7, 11) is 2.17. The molecule has 0 aliphatic heterocycles. The number of nitrogens with zero attached hydrogens (tertiary/aromatic N) is 1. The fraction of sp³-hybridized carbons (Fsp3) is 0.583. The van der Waals surface area contributed by atoms with E-state index in [2.05, 4.69) is 29.5 Å². The van der Waals surface area contributed by atoms with E-state index < -0.39 is 0 Å². The lowest BCUT2D eigenvalue weighted by Crippen LogP contribution is -2.22. The molecule has 0 unspecified atom stereocenters. The Morgan fingerprint density at radius 3 is 2.88 bits per heavy atom. The molecule has 0 bridgehead atoms. The smallest absolute Gasteiger partial charge is 0.0727 e. The van der Waals surface area contributed by atoms with Gasteiger partial charge in [-0.15, -0.1) is 11.3 Å². The minimum absolute atomic E-state index is 0.640. The quantitative estimate of drug-likeness (QED) is 0.573. The SMILES string of the molecule is CN(CCCCC(N)=S)CCc1cccs1. The van der Waals surface area contributed by atoms with Crippen molar-refractivity contribution in [1.82, 2.24) is 4.90 Å². The van der Waals surface area contributed by atoms with E-state index in [1.165, 1.54) is 11.3 Å². The lowest BCUT2D eigenvalue weighted by molar-refractivity contribution is 0.332. The molecular weight excluding hydrogens is 236 g/mol. The van der Waals surface area contributed by atoms with Crippen molar-refractivity contribution in [2.75, 3.05) is 20.1 Å². The monoisotopic (exact) mass is 256 g/mol. The highest BCUT2D eigenvalue weighted by molar-refractivity contribution is 7.80. The summed E-state index contributed by atoms with van der Waals surface area (Å²) in [6.07, 6.45) is 4.33. The van der Waals surface area contributed by atoms with Crippen molar-refractivity contribution in [2.45, 2.75) is 25.7 Å². The molecule has 90 valence electrons. The van der Waals surface area contributed by atoms with Gasteiger partial charge in [0.15, 0.2) is 0 Å². The Hall–Kier alpha value is -0.450. The molecule has 0 saturated carbocycles. The molecule has 0 aromatic carbocycles. The van der Waals surface area contributed by atoms with Crippen LogP contribution >= 0.6 is 23.6 Å². The minimum Gasteiger partial charge on any atom is -0.393 e. The molecule has 0 spiro atoms. The van der Waals surface area contributed by atoms with Crippen molar-refractivity contribution in [3.05, 3.63) is 22.4 Å². The van der Waals surface area contributed by atoms with Crippen LogP contribution in [0.15, 0.2) is 17.5 Å². The number of unbranched alkanes of at least 4 members (excludes halogenated alkanes) is 1. The van der Waals surface area contributed by atoms with Crippen LogP contribution in [0.3, 0.4) is 0 Å². The fourth-order valence-electron chi connectivity index (χ4n) is 1.55. The van der Waals surface area contributed by atoms with Crippen LogP contribution in [0.25, 0.3) is 0 Å². The first kappa shape index (κ1) is 13.6. The van der Waals surface area contributed by atoms with E-state index >= 15 is 0 Å². The number of nitrogens with two attached hydrogens (primary N) is 1. The van der Waals surface area contributed by atoms with Crippen LogP contribution < -0.4 is 5.73 Å². The van der Waals surface area contributed by atoms with Crippen molar-refractivity contribution < 1.29 is 0 Å². The van der Waals surface area contributed by atoms with Gasteiger partial charge < -0.3 is 10.6 Å². The average molecular weight is 256 g/mol. The Balaban J connectivity index is 2.02. The number of hydrogen-bond acceptors (Lipinski definition) is 3. The van der Waals surface area contributed by atoms with Gasteiger partial charge in [0.05, 0.1) is 4.99 Å². The molecule has 1 rings (SSSR count). The molecule has 1 aromatic heterocycles. The summed E-state index contributed by atoms with van der Waals surface area (Å²) in [5.74, 6) is 0. The summed E-state index contributed by atoms with van der Waals surface area (Å²) in [6.45, 7) is 2.27. The largest absolute Gasteiger partial charge is 0.393 e.